The molecule has 0 aliphatic carbocycles. The van der Waals surface area contributed by atoms with Crippen LogP contribution in [0.25, 0.3) is 0 Å². The van der Waals surface area contributed by atoms with Crippen molar-refractivity contribution in [1.29, 1.82) is 0 Å². The summed E-state index contributed by atoms with van der Waals surface area (Å²) in [6.45, 7) is 6.52. The van der Waals surface area contributed by atoms with Crippen LogP contribution in [-0.4, -0.2) is 54.0 Å². The Bertz CT molecular complexity index is 1550. The Morgan fingerprint density at radius 1 is 1.15 bits per heavy atom. The van der Waals surface area contributed by atoms with E-state index in [0.717, 1.165) is 5.56 Å². The number of likely N-dealkylation sites (tertiary alicyclic amines) is 1. The Labute approximate surface area is 236 Å². The molecule has 1 amide bonds. The molecule has 3 heterocycles. The molecule has 0 spiro atoms. The minimum atomic E-state index is -0.516. The van der Waals surface area contributed by atoms with Gasteiger partial charge in [0.15, 0.2) is 0 Å². The molecule has 2 aliphatic rings. The van der Waals surface area contributed by atoms with Crippen molar-refractivity contribution in [3.05, 3.63) is 106 Å². The molecular weight excluding hydrogens is 535 g/mol. The standard InChI is InChI=1S/C30H28ClFN4O4/c1-17-7-5-8-19(13-17)28-34-18(2)25(30(38)36(28)27-23(39-3)9-6-10-24(27)40-4)29(37)35-12-11-20(16-35)26-22(32)14-21(31)15-33-26/h5-10,13-15,20,38H,2,11-12,16H2,1,3-4H3. The number of carbonyl (C=O) groups excluding carboxylic acids is 1. The van der Waals surface area contributed by atoms with Crippen LogP contribution in [0.4, 0.5) is 10.1 Å². The highest BCUT2D eigenvalue weighted by molar-refractivity contribution is 6.30. The number of hydrogen-bond acceptors (Lipinski definition) is 7. The number of ether oxygens (including phenoxy) is 2. The van der Waals surface area contributed by atoms with E-state index in [1.807, 2.05) is 31.2 Å². The van der Waals surface area contributed by atoms with Crippen LogP contribution in [0.2, 0.25) is 5.02 Å². The third-order valence-electron chi connectivity index (χ3n) is 6.99. The van der Waals surface area contributed by atoms with Gasteiger partial charge in [-0.2, -0.15) is 0 Å². The van der Waals surface area contributed by atoms with Crippen molar-refractivity contribution >= 4 is 29.0 Å². The van der Waals surface area contributed by atoms with Crippen LogP contribution in [-0.2, 0) is 4.79 Å². The van der Waals surface area contributed by atoms with Crippen molar-refractivity contribution in [3.8, 4) is 11.5 Å². The van der Waals surface area contributed by atoms with E-state index in [-0.39, 0.29) is 40.3 Å². The second-order valence-electron chi connectivity index (χ2n) is 9.55. The van der Waals surface area contributed by atoms with Gasteiger partial charge in [0.05, 0.1) is 30.6 Å². The van der Waals surface area contributed by atoms with E-state index in [2.05, 4.69) is 11.6 Å². The first-order valence-corrected chi connectivity index (χ1v) is 13.0. The molecular formula is C30H28ClFN4O4. The monoisotopic (exact) mass is 562 g/mol. The highest BCUT2D eigenvalue weighted by Crippen LogP contribution is 2.43. The molecule has 1 N–H and O–H groups in total. The highest BCUT2D eigenvalue weighted by atomic mass is 35.5. The van der Waals surface area contributed by atoms with Gasteiger partial charge < -0.3 is 19.5 Å². The second kappa shape index (κ2) is 11.0. The number of carbonyl (C=O) groups is 1. The molecule has 0 bridgehead atoms. The Kier molecular flexibility index (Phi) is 7.49. The first-order chi connectivity index (χ1) is 19.2. The number of anilines is 1. The van der Waals surface area contributed by atoms with Crippen molar-refractivity contribution in [2.75, 3.05) is 32.2 Å². The van der Waals surface area contributed by atoms with E-state index in [9.17, 15) is 14.3 Å². The van der Waals surface area contributed by atoms with Gasteiger partial charge >= 0.3 is 0 Å². The maximum absolute atomic E-state index is 14.6. The smallest absolute Gasteiger partial charge is 0.261 e. The zero-order chi connectivity index (χ0) is 28.6. The van der Waals surface area contributed by atoms with Crippen molar-refractivity contribution in [1.82, 2.24) is 9.88 Å². The maximum atomic E-state index is 14.6. The number of nitrogens with zero attached hydrogens (tertiary/aromatic N) is 4. The number of amides is 1. The number of aliphatic hydroxyl groups excluding tert-OH is 1. The number of aryl methyl sites for hydroxylation is 1. The second-order valence-corrected chi connectivity index (χ2v) is 9.99. The number of amidine groups is 1. The summed E-state index contributed by atoms with van der Waals surface area (Å²) in [5.74, 6) is -0.548. The van der Waals surface area contributed by atoms with Crippen LogP contribution in [0.1, 0.15) is 29.2 Å². The molecule has 2 aromatic carbocycles. The number of aliphatic imine (C=N–C) groups is 1. The molecule has 0 radical (unpaired) electrons. The van der Waals surface area contributed by atoms with Crippen LogP contribution in [0.15, 0.2) is 83.5 Å². The van der Waals surface area contributed by atoms with Gasteiger partial charge in [0.25, 0.3) is 5.91 Å². The number of aromatic nitrogens is 1. The summed E-state index contributed by atoms with van der Waals surface area (Å²) in [6, 6.07) is 14.0. The number of para-hydroxylation sites is 1. The lowest BCUT2D eigenvalue weighted by Gasteiger charge is -2.33. The Morgan fingerprint density at radius 2 is 1.85 bits per heavy atom. The lowest BCUT2D eigenvalue weighted by atomic mass is 10.0. The summed E-state index contributed by atoms with van der Waals surface area (Å²) in [6.07, 6.45) is 1.89. The van der Waals surface area contributed by atoms with Crippen LogP contribution >= 0.6 is 11.6 Å². The van der Waals surface area contributed by atoms with E-state index >= 15 is 0 Å². The number of benzene rings is 2. The van der Waals surface area contributed by atoms with Crippen molar-refractivity contribution in [2.45, 2.75) is 19.3 Å². The number of hydrogen-bond donors (Lipinski definition) is 1. The normalized spacial score (nSPS) is 17.3. The van der Waals surface area contributed by atoms with Crippen molar-refractivity contribution < 1.29 is 23.8 Å². The van der Waals surface area contributed by atoms with E-state index < -0.39 is 11.7 Å². The molecule has 1 fully saturated rings. The fraction of sp³-hybridized carbons (Fsp3) is 0.233. The summed E-state index contributed by atoms with van der Waals surface area (Å²) >= 11 is 5.86. The molecule has 40 heavy (non-hydrogen) atoms. The van der Waals surface area contributed by atoms with Crippen molar-refractivity contribution in [2.24, 2.45) is 4.99 Å². The zero-order valence-corrected chi connectivity index (χ0v) is 23.1. The SMILES string of the molecule is C=C1N=C(c2cccc(C)c2)N(c2c(OC)cccc2OC)C(O)=C1C(=O)N1CCC(c2ncc(Cl)cc2F)C1. The van der Waals surface area contributed by atoms with Gasteiger partial charge in [0.1, 0.15) is 34.4 Å². The largest absolute Gasteiger partial charge is 0.494 e. The van der Waals surface area contributed by atoms with E-state index in [1.54, 1.807) is 23.1 Å². The average Bonchev–Trinajstić information content (AvgIpc) is 3.42. The van der Waals surface area contributed by atoms with E-state index in [4.69, 9.17) is 26.1 Å². The molecule has 206 valence electrons. The molecule has 10 heteroatoms. The average molecular weight is 563 g/mol. The summed E-state index contributed by atoms with van der Waals surface area (Å²) in [7, 11) is 3.01. The first-order valence-electron chi connectivity index (χ1n) is 12.6. The quantitative estimate of drug-likeness (QED) is 0.411. The van der Waals surface area contributed by atoms with Crippen LogP contribution in [0, 0.1) is 12.7 Å². The lowest BCUT2D eigenvalue weighted by Crippen LogP contribution is -2.40. The molecule has 5 rings (SSSR count). The predicted octanol–water partition coefficient (Wildman–Crippen LogP) is 5.77. The van der Waals surface area contributed by atoms with Gasteiger partial charge in [-0.15, -0.1) is 0 Å². The maximum Gasteiger partial charge on any atom is 0.261 e. The summed E-state index contributed by atoms with van der Waals surface area (Å²) in [5.41, 5.74) is 2.32. The molecule has 1 unspecified atom stereocenters. The predicted molar refractivity (Wildman–Crippen MR) is 152 cm³/mol. The minimum absolute atomic E-state index is 0.0745. The fourth-order valence-electron chi connectivity index (χ4n) is 5.09. The van der Waals surface area contributed by atoms with Crippen LogP contribution in [0.5, 0.6) is 11.5 Å². The summed E-state index contributed by atoms with van der Waals surface area (Å²) in [4.78, 5) is 25.7. The number of pyridine rings is 1. The van der Waals surface area contributed by atoms with Crippen molar-refractivity contribution in [3.63, 3.8) is 0 Å². The third kappa shape index (κ3) is 4.88. The molecule has 1 aromatic heterocycles. The fourth-order valence-corrected chi connectivity index (χ4v) is 5.23. The molecule has 2 aliphatic heterocycles. The molecule has 1 atom stereocenters. The van der Waals surface area contributed by atoms with Crippen LogP contribution in [0.3, 0.4) is 0 Å². The van der Waals surface area contributed by atoms with Gasteiger partial charge in [-0.05, 0) is 37.6 Å². The number of aliphatic hydroxyl groups is 1. The Balaban J connectivity index is 1.58. The topological polar surface area (TPSA) is 87.5 Å². The molecule has 1 saturated heterocycles. The van der Waals surface area contributed by atoms with Gasteiger partial charge in [-0.3, -0.25) is 14.7 Å². The minimum Gasteiger partial charge on any atom is -0.494 e. The lowest BCUT2D eigenvalue weighted by molar-refractivity contribution is -0.126. The number of halogens is 2. The van der Waals surface area contributed by atoms with Crippen LogP contribution < -0.4 is 14.4 Å². The summed E-state index contributed by atoms with van der Waals surface area (Å²) < 4.78 is 25.8. The molecule has 3 aromatic rings. The first kappa shape index (κ1) is 27.2. The molecule has 8 nitrogen and oxygen atoms in total. The zero-order valence-electron chi connectivity index (χ0n) is 22.3. The Morgan fingerprint density at radius 3 is 2.50 bits per heavy atom. The Hall–Kier alpha value is -4.37. The van der Waals surface area contributed by atoms with Gasteiger partial charge in [-0.25, -0.2) is 9.38 Å². The van der Waals surface area contributed by atoms with E-state index in [1.165, 1.54) is 31.4 Å². The third-order valence-corrected chi connectivity index (χ3v) is 7.20. The van der Waals surface area contributed by atoms with Gasteiger partial charge in [0, 0.05) is 30.8 Å². The molecule has 0 saturated carbocycles. The number of methoxy groups -OCH3 is 2. The number of rotatable bonds is 6. The van der Waals surface area contributed by atoms with Gasteiger partial charge in [0.2, 0.25) is 5.88 Å². The van der Waals surface area contributed by atoms with E-state index in [0.29, 0.717) is 41.6 Å². The highest BCUT2D eigenvalue weighted by Gasteiger charge is 2.39. The summed E-state index contributed by atoms with van der Waals surface area (Å²) in [5, 5.41) is 12.0. The van der Waals surface area contributed by atoms with Gasteiger partial charge in [-0.1, -0.05) is 48.0 Å².